The molecule has 10 atom stereocenters. The first kappa shape index (κ1) is 47.1. The minimum atomic E-state index is -0.878. The van der Waals surface area contributed by atoms with Gasteiger partial charge in [-0.3, -0.25) is 19.2 Å². The molecule has 1 fully saturated rings. The maximum absolute atomic E-state index is 14.3. The maximum atomic E-state index is 14.3. The van der Waals surface area contributed by atoms with Gasteiger partial charge in [0, 0.05) is 33.4 Å². The number of hydrogen-bond donors (Lipinski definition) is 4. The van der Waals surface area contributed by atoms with Gasteiger partial charge in [0.2, 0.25) is 23.6 Å². The third-order valence-corrected chi connectivity index (χ3v) is 11.0. The molecule has 0 radical (unpaired) electrons. The molecule has 0 aliphatic carbocycles. The number of nitrogens with zero attached hydrogens (tertiary/aromatic N) is 2. The van der Waals surface area contributed by atoms with Crippen molar-refractivity contribution in [3.05, 3.63) is 35.9 Å². The van der Waals surface area contributed by atoms with Gasteiger partial charge < -0.3 is 40.3 Å². The molecule has 1 aromatic carbocycles. The van der Waals surface area contributed by atoms with Crippen LogP contribution in [0.1, 0.15) is 114 Å². The monoisotopic (exact) mass is 760 g/mol. The molecule has 10 unspecified atom stereocenters. The van der Waals surface area contributed by atoms with Gasteiger partial charge in [-0.15, -0.1) is 0 Å². The Kier molecular flexibility index (Phi) is 18.6. The molecular formula is C42H73N5O7. The number of carbonyl (C=O) groups excluding carboxylic acids is 4. The van der Waals surface area contributed by atoms with Crippen LogP contribution in [0.15, 0.2) is 30.3 Å². The van der Waals surface area contributed by atoms with E-state index in [2.05, 4.69) is 16.0 Å². The molecule has 0 aromatic heterocycles. The number of aliphatic hydroxyl groups is 1. The number of ether oxygens (including phenoxy) is 2. The summed E-state index contributed by atoms with van der Waals surface area (Å²) in [5.41, 5.74) is 0.412. The lowest BCUT2D eigenvalue weighted by atomic mass is 9.89. The van der Waals surface area contributed by atoms with Gasteiger partial charge in [0.15, 0.2) is 0 Å². The highest BCUT2D eigenvalue weighted by atomic mass is 16.5. The second-order valence-corrected chi connectivity index (χ2v) is 17.1. The lowest BCUT2D eigenvalue weighted by molar-refractivity contribution is -0.148. The smallest absolute Gasteiger partial charge is 0.245 e. The number of rotatable bonds is 20. The van der Waals surface area contributed by atoms with Crippen LogP contribution in [0.3, 0.4) is 0 Å². The summed E-state index contributed by atoms with van der Waals surface area (Å²) >= 11 is 0. The Bertz CT molecular complexity index is 1340. The summed E-state index contributed by atoms with van der Waals surface area (Å²) in [4.78, 5) is 59.1. The molecule has 1 heterocycles. The summed E-state index contributed by atoms with van der Waals surface area (Å²) in [5.74, 6) is -1.68. The quantitative estimate of drug-likeness (QED) is 0.150. The number of benzene rings is 1. The van der Waals surface area contributed by atoms with Crippen LogP contribution in [0.5, 0.6) is 0 Å². The molecule has 4 N–H and O–H groups in total. The molecule has 308 valence electrons. The zero-order valence-corrected chi connectivity index (χ0v) is 35.6. The average molecular weight is 760 g/mol. The zero-order chi connectivity index (χ0) is 41.1. The fourth-order valence-electron chi connectivity index (χ4n) is 7.66. The van der Waals surface area contributed by atoms with Crippen LogP contribution in [0, 0.1) is 23.7 Å². The normalized spacial score (nSPS) is 20.0. The summed E-state index contributed by atoms with van der Waals surface area (Å²) in [7, 11) is 4.86. The van der Waals surface area contributed by atoms with Gasteiger partial charge in [-0.25, -0.2) is 0 Å². The SMILES string of the molecule is CCC(C)C(C(CC(=O)N1CCCC1C(OC)C(C)C(=O)NC(C)C(O)c1ccccc1)OC)N(C)C(=O)C(NC(=O)C(NC(C)(C)C)C(C)C)C(C)C. The van der Waals surface area contributed by atoms with Gasteiger partial charge in [-0.2, -0.15) is 0 Å². The Morgan fingerprint density at radius 3 is 2.00 bits per heavy atom. The average Bonchev–Trinajstić information content (AvgIpc) is 3.61. The van der Waals surface area contributed by atoms with E-state index in [0.29, 0.717) is 18.5 Å². The zero-order valence-electron chi connectivity index (χ0n) is 35.6. The van der Waals surface area contributed by atoms with E-state index in [4.69, 9.17) is 9.47 Å². The largest absolute Gasteiger partial charge is 0.386 e. The predicted octanol–water partition coefficient (Wildman–Crippen LogP) is 4.70. The van der Waals surface area contributed by atoms with Crippen LogP contribution in [0.4, 0.5) is 0 Å². The van der Waals surface area contributed by atoms with Crippen molar-refractivity contribution in [2.45, 2.75) is 156 Å². The standard InChI is InChI=1S/C42H73N5O7/c1-15-27(6)36(46(12)41(52)35(26(4)5)44-40(51)34(25(2)3)45-42(9,10)11)32(53-13)24-33(48)47-23-19-22-31(47)38(54-14)28(7)39(50)43-29(8)37(49)30-20-17-16-18-21-30/h16-18,20-21,25-29,31-32,34-38,45,49H,15,19,22-24H2,1-14H3,(H,43,50)(H,44,51). The van der Waals surface area contributed by atoms with Crippen molar-refractivity contribution >= 4 is 23.6 Å². The summed E-state index contributed by atoms with van der Waals surface area (Å²) in [6, 6.07) is 6.59. The van der Waals surface area contributed by atoms with Crippen LogP contribution in [0.2, 0.25) is 0 Å². The minimum Gasteiger partial charge on any atom is -0.386 e. The number of methoxy groups -OCH3 is 2. The molecule has 4 amide bonds. The van der Waals surface area contributed by atoms with Crippen molar-refractivity contribution < 1.29 is 33.8 Å². The number of aliphatic hydroxyl groups excluding tert-OH is 1. The maximum Gasteiger partial charge on any atom is 0.245 e. The second kappa shape index (κ2) is 21.3. The Morgan fingerprint density at radius 1 is 0.907 bits per heavy atom. The van der Waals surface area contributed by atoms with Crippen LogP contribution in [-0.2, 0) is 28.7 Å². The van der Waals surface area contributed by atoms with E-state index in [1.54, 1.807) is 44.9 Å². The van der Waals surface area contributed by atoms with Crippen LogP contribution in [0.25, 0.3) is 0 Å². The van der Waals surface area contributed by atoms with Crippen molar-refractivity contribution in [1.82, 2.24) is 25.8 Å². The molecule has 0 bridgehead atoms. The van der Waals surface area contributed by atoms with Crippen molar-refractivity contribution in [2.24, 2.45) is 23.7 Å². The highest BCUT2D eigenvalue weighted by Gasteiger charge is 2.43. The van der Waals surface area contributed by atoms with E-state index in [9.17, 15) is 24.3 Å². The minimum absolute atomic E-state index is 0.00204. The summed E-state index contributed by atoms with van der Waals surface area (Å²) in [6.07, 6.45) is 0.117. The Hall–Kier alpha value is -3.06. The van der Waals surface area contributed by atoms with Gasteiger partial charge in [0.05, 0.1) is 54.8 Å². The first-order valence-electron chi connectivity index (χ1n) is 19.9. The predicted molar refractivity (Wildman–Crippen MR) is 213 cm³/mol. The number of likely N-dealkylation sites (tertiary alicyclic amines) is 1. The number of amides is 4. The number of likely N-dealkylation sites (N-methyl/N-ethyl adjacent to an activating group) is 1. The third kappa shape index (κ3) is 12.7. The fraction of sp³-hybridized carbons (Fsp3) is 0.762. The van der Waals surface area contributed by atoms with E-state index in [1.165, 1.54) is 0 Å². The van der Waals surface area contributed by atoms with Crippen LogP contribution in [-0.4, -0.2) is 114 Å². The van der Waals surface area contributed by atoms with Crippen molar-refractivity contribution in [1.29, 1.82) is 0 Å². The topological polar surface area (TPSA) is 150 Å². The van der Waals surface area contributed by atoms with Crippen molar-refractivity contribution in [2.75, 3.05) is 27.8 Å². The second-order valence-electron chi connectivity index (χ2n) is 17.1. The molecule has 2 rings (SSSR count). The van der Waals surface area contributed by atoms with E-state index in [-0.39, 0.29) is 59.4 Å². The van der Waals surface area contributed by atoms with Crippen LogP contribution >= 0.6 is 0 Å². The first-order valence-corrected chi connectivity index (χ1v) is 19.9. The van der Waals surface area contributed by atoms with Gasteiger partial charge in [0.1, 0.15) is 6.04 Å². The molecule has 1 aliphatic heterocycles. The molecule has 1 aliphatic rings. The lowest BCUT2D eigenvalue weighted by Crippen LogP contribution is -2.61. The summed E-state index contributed by atoms with van der Waals surface area (Å²) < 4.78 is 12.0. The van der Waals surface area contributed by atoms with Gasteiger partial charge in [0.25, 0.3) is 0 Å². The summed E-state index contributed by atoms with van der Waals surface area (Å²) in [6.45, 7) is 22.0. The Morgan fingerprint density at radius 2 is 1.50 bits per heavy atom. The molecule has 0 saturated carbocycles. The van der Waals surface area contributed by atoms with Gasteiger partial charge in [-0.1, -0.05) is 85.2 Å². The fourth-order valence-corrected chi connectivity index (χ4v) is 7.66. The Balaban J connectivity index is 2.26. The third-order valence-electron chi connectivity index (χ3n) is 11.0. The molecule has 0 spiro atoms. The molecule has 12 nitrogen and oxygen atoms in total. The van der Waals surface area contributed by atoms with E-state index in [0.717, 1.165) is 12.8 Å². The highest BCUT2D eigenvalue weighted by molar-refractivity contribution is 5.90. The number of nitrogens with one attached hydrogen (secondary N) is 3. The van der Waals surface area contributed by atoms with Gasteiger partial charge in [-0.05, 0) is 63.9 Å². The number of carbonyl (C=O) groups is 4. The van der Waals surface area contributed by atoms with E-state index >= 15 is 0 Å². The highest BCUT2D eigenvalue weighted by Crippen LogP contribution is 2.30. The van der Waals surface area contributed by atoms with Gasteiger partial charge >= 0.3 is 0 Å². The first-order chi connectivity index (χ1) is 25.2. The lowest BCUT2D eigenvalue weighted by Gasteiger charge is -2.41. The summed E-state index contributed by atoms with van der Waals surface area (Å²) in [5, 5.41) is 20.2. The molecule has 54 heavy (non-hydrogen) atoms. The van der Waals surface area contributed by atoms with E-state index in [1.807, 2.05) is 92.6 Å². The molecule has 1 saturated heterocycles. The Labute approximate surface area is 325 Å². The van der Waals surface area contributed by atoms with Crippen molar-refractivity contribution in [3.8, 4) is 0 Å². The molecular weight excluding hydrogens is 686 g/mol. The number of hydrogen-bond acceptors (Lipinski definition) is 8. The van der Waals surface area contributed by atoms with Crippen LogP contribution < -0.4 is 16.0 Å². The van der Waals surface area contributed by atoms with Crippen molar-refractivity contribution in [3.63, 3.8) is 0 Å². The molecule has 12 heteroatoms. The molecule has 1 aromatic rings. The van der Waals surface area contributed by atoms with E-state index < -0.39 is 48.4 Å².